The van der Waals surface area contributed by atoms with Crippen molar-refractivity contribution in [3.05, 3.63) is 35.9 Å². The summed E-state index contributed by atoms with van der Waals surface area (Å²) in [5, 5.41) is 3.71. The molecule has 3 aliphatic rings. The van der Waals surface area contributed by atoms with E-state index in [9.17, 15) is 13.2 Å². The van der Waals surface area contributed by atoms with Crippen molar-refractivity contribution in [2.75, 3.05) is 5.75 Å². The van der Waals surface area contributed by atoms with Crippen LogP contribution in [0.5, 0.6) is 0 Å². The van der Waals surface area contributed by atoms with E-state index in [0.29, 0.717) is 5.92 Å². The van der Waals surface area contributed by atoms with Gasteiger partial charge >= 0.3 is 0 Å². The minimum atomic E-state index is -3.61. The van der Waals surface area contributed by atoms with Gasteiger partial charge in [-0.2, -0.15) is 0 Å². The summed E-state index contributed by atoms with van der Waals surface area (Å²) in [6, 6.07) is 9.23. The van der Waals surface area contributed by atoms with Gasteiger partial charge in [-0.25, -0.2) is 12.7 Å². The first-order valence-corrected chi connectivity index (χ1v) is 10.6. The first-order valence-electron chi connectivity index (χ1n) is 9.03. The van der Waals surface area contributed by atoms with Crippen LogP contribution < -0.4 is 0 Å². The molecule has 1 heterocycles. The predicted molar refractivity (Wildman–Crippen MR) is 97.7 cm³/mol. The summed E-state index contributed by atoms with van der Waals surface area (Å²) in [5.74, 6) is -0.0497. The summed E-state index contributed by atoms with van der Waals surface area (Å²) in [7, 11) is -3.61. The zero-order valence-electron chi connectivity index (χ0n) is 15.1. The number of rotatable bonds is 4. The third kappa shape index (κ3) is 2.40. The Labute approximate surface area is 154 Å². The molecule has 6 nitrogen and oxygen atoms in total. The van der Waals surface area contributed by atoms with E-state index in [0.717, 1.165) is 35.3 Å². The lowest BCUT2D eigenvalue weighted by Crippen LogP contribution is -2.44. The van der Waals surface area contributed by atoms with Gasteiger partial charge in [0.15, 0.2) is 0 Å². The van der Waals surface area contributed by atoms with E-state index in [1.54, 1.807) is 0 Å². The van der Waals surface area contributed by atoms with E-state index >= 15 is 0 Å². The first-order chi connectivity index (χ1) is 12.3. The number of hydrogen-bond acceptors (Lipinski definition) is 5. The maximum Gasteiger partial charge on any atom is 0.282 e. The molecule has 2 unspecified atom stereocenters. The molecule has 0 aromatic heterocycles. The van der Waals surface area contributed by atoms with Crippen molar-refractivity contribution in [1.29, 1.82) is 0 Å². The fourth-order valence-electron chi connectivity index (χ4n) is 5.40. The molecule has 2 saturated carbocycles. The number of carbonyl (C=O) groups is 1. The summed E-state index contributed by atoms with van der Waals surface area (Å²) in [4.78, 5) is 17.8. The van der Waals surface area contributed by atoms with Crippen LogP contribution in [-0.4, -0.2) is 36.6 Å². The highest BCUT2D eigenvalue weighted by molar-refractivity contribution is 7.90. The van der Waals surface area contributed by atoms with E-state index < -0.39 is 15.9 Å². The molecule has 26 heavy (non-hydrogen) atoms. The average Bonchev–Trinajstić information content (AvgIpc) is 3.07. The Kier molecular flexibility index (Phi) is 3.91. The maximum atomic E-state index is 12.7. The minimum Gasteiger partial charge on any atom is -0.391 e. The van der Waals surface area contributed by atoms with Crippen LogP contribution in [-0.2, 0) is 26.3 Å². The number of carbonyl (C=O) groups excluding carboxylic acids is 1. The Morgan fingerprint density at radius 2 is 2.08 bits per heavy atom. The van der Waals surface area contributed by atoms with E-state index in [2.05, 4.69) is 19.0 Å². The Hall–Kier alpha value is -1.89. The van der Waals surface area contributed by atoms with Crippen LogP contribution in [0.15, 0.2) is 35.5 Å². The summed E-state index contributed by atoms with van der Waals surface area (Å²) < 4.78 is 26.6. The van der Waals surface area contributed by atoms with Gasteiger partial charge < -0.3 is 4.84 Å². The fourth-order valence-corrected chi connectivity index (χ4v) is 7.90. The van der Waals surface area contributed by atoms with Crippen LogP contribution in [0, 0.1) is 16.7 Å². The average molecular weight is 376 g/mol. The van der Waals surface area contributed by atoms with Crippen molar-refractivity contribution in [2.24, 2.45) is 21.9 Å². The molecule has 7 heteroatoms. The van der Waals surface area contributed by atoms with Gasteiger partial charge in [0, 0.05) is 5.41 Å². The Morgan fingerprint density at radius 1 is 1.35 bits per heavy atom. The highest BCUT2D eigenvalue weighted by Gasteiger charge is 2.72. The zero-order valence-corrected chi connectivity index (χ0v) is 15.9. The summed E-state index contributed by atoms with van der Waals surface area (Å²) in [6.45, 7) is 4.55. The second-order valence-corrected chi connectivity index (χ2v) is 10.1. The molecule has 1 aromatic carbocycles. The maximum absolute atomic E-state index is 12.7. The molecule has 1 aliphatic heterocycles. The standard InChI is InChI=1S/C19H24N2O4S/c1-18(2)15-8-9-19(18)13-26(23,24)21(16(19)10-15)17(22)11-20-25-12-14-6-4-3-5-7-14/h3-7,11,15-16H,8-10,12-13H2,1-2H3/b20-11-/t15?,16?,19-/m1/s1. The zero-order chi connectivity index (χ0) is 18.6. The molecule has 1 saturated heterocycles. The van der Waals surface area contributed by atoms with Crippen LogP contribution in [0.1, 0.15) is 38.7 Å². The molecule has 3 atom stereocenters. The van der Waals surface area contributed by atoms with Gasteiger partial charge in [0.1, 0.15) is 12.8 Å². The molecule has 2 aliphatic carbocycles. The lowest BCUT2D eigenvalue weighted by Gasteiger charge is -2.36. The van der Waals surface area contributed by atoms with Crippen molar-refractivity contribution in [3.63, 3.8) is 0 Å². The molecule has 4 rings (SSSR count). The van der Waals surface area contributed by atoms with Crippen LogP contribution in [0.3, 0.4) is 0 Å². The number of fused-ring (bicyclic) bond motifs is 1. The highest BCUT2D eigenvalue weighted by atomic mass is 32.2. The van der Waals surface area contributed by atoms with E-state index in [1.165, 1.54) is 0 Å². The molecular weight excluding hydrogens is 352 g/mol. The lowest BCUT2D eigenvalue weighted by molar-refractivity contribution is -0.121. The van der Waals surface area contributed by atoms with Gasteiger partial charge in [0.05, 0.1) is 11.8 Å². The predicted octanol–water partition coefficient (Wildman–Crippen LogP) is 2.56. The molecule has 1 aromatic rings. The number of amides is 1. The van der Waals surface area contributed by atoms with Crippen molar-refractivity contribution in [1.82, 2.24) is 4.31 Å². The van der Waals surface area contributed by atoms with Gasteiger partial charge in [-0.3, -0.25) is 4.79 Å². The number of oxime groups is 1. The van der Waals surface area contributed by atoms with Gasteiger partial charge in [0.2, 0.25) is 10.0 Å². The van der Waals surface area contributed by atoms with Crippen LogP contribution in [0.25, 0.3) is 0 Å². The normalized spacial score (nSPS) is 33.5. The van der Waals surface area contributed by atoms with Gasteiger partial charge in [-0.1, -0.05) is 49.3 Å². The quantitative estimate of drug-likeness (QED) is 0.598. The van der Waals surface area contributed by atoms with Gasteiger partial charge in [-0.05, 0) is 36.2 Å². The van der Waals surface area contributed by atoms with E-state index in [-0.39, 0.29) is 29.2 Å². The smallest absolute Gasteiger partial charge is 0.282 e. The van der Waals surface area contributed by atoms with Crippen molar-refractivity contribution < 1.29 is 18.0 Å². The molecule has 1 amide bonds. The number of benzene rings is 1. The van der Waals surface area contributed by atoms with Crippen molar-refractivity contribution in [2.45, 2.75) is 45.8 Å². The lowest BCUT2D eigenvalue weighted by atomic mass is 9.69. The van der Waals surface area contributed by atoms with E-state index in [4.69, 9.17) is 4.84 Å². The van der Waals surface area contributed by atoms with Crippen LogP contribution in [0.4, 0.5) is 0 Å². The molecule has 0 N–H and O–H groups in total. The second-order valence-electron chi connectivity index (χ2n) is 8.25. The van der Waals surface area contributed by atoms with Crippen molar-refractivity contribution in [3.8, 4) is 0 Å². The molecule has 3 fully saturated rings. The van der Waals surface area contributed by atoms with Gasteiger partial charge in [0.25, 0.3) is 5.91 Å². The van der Waals surface area contributed by atoms with Gasteiger partial charge in [-0.15, -0.1) is 0 Å². The third-order valence-electron chi connectivity index (χ3n) is 6.94. The number of sulfonamides is 1. The topological polar surface area (TPSA) is 76.0 Å². The fraction of sp³-hybridized carbons (Fsp3) is 0.579. The summed E-state index contributed by atoms with van der Waals surface area (Å²) in [6.07, 6.45) is 3.69. The Morgan fingerprint density at radius 3 is 2.77 bits per heavy atom. The summed E-state index contributed by atoms with van der Waals surface area (Å²) >= 11 is 0. The number of hydrogen-bond donors (Lipinski definition) is 0. The van der Waals surface area contributed by atoms with E-state index in [1.807, 2.05) is 30.3 Å². The highest BCUT2D eigenvalue weighted by Crippen LogP contribution is 2.69. The number of nitrogens with zero attached hydrogens (tertiary/aromatic N) is 2. The molecule has 1 spiro atoms. The van der Waals surface area contributed by atoms with Crippen LogP contribution in [0.2, 0.25) is 0 Å². The SMILES string of the molecule is CC1(C)C2CC[C@]13CS(=O)(=O)N(C(=O)/C=N\OCc1ccccc1)C3C2. The summed E-state index contributed by atoms with van der Waals surface area (Å²) in [5.41, 5.74) is 0.561. The van der Waals surface area contributed by atoms with Crippen LogP contribution >= 0.6 is 0 Å². The molecule has 140 valence electrons. The first kappa shape index (κ1) is 17.5. The largest absolute Gasteiger partial charge is 0.391 e. The molecular formula is C19H24N2O4S. The Balaban J connectivity index is 1.49. The second kappa shape index (κ2) is 5.81. The minimum absolute atomic E-state index is 0.0548. The third-order valence-corrected chi connectivity index (χ3v) is 8.85. The van der Waals surface area contributed by atoms with Crippen molar-refractivity contribution >= 4 is 22.1 Å². The monoisotopic (exact) mass is 376 g/mol. The Bertz CT molecular complexity index is 850. The molecule has 2 bridgehead atoms. The molecule has 0 radical (unpaired) electrons.